The van der Waals surface area contributed by atoms with Crippen molar-refractivity contribution >= 4 is 39.0 Å². The van der Waals surface area contributed by atoms with Crippen LogP contribution in [-0.2, 0) is 19.4 Å². The molecule has 94 valence electrons. The summed E-state index contributed by atoms with van der Waals surface area (Å²) in [6, 6.07) is 4.04. The number of esters is 1. The molecule has 0 aliphatic heterocycles. The fraction of sp³-hybridized carbons (Fsp3) is 0.300. The molecule has 7 heteroatoms. The summed E-state index contributed by atoms with van der Waals surface area (Å²) in [5, 5.41) is 0.260. The van der Waals surface area contributed by atoms with Crippen molar-refractivity contribution in [1.29, 1.82) is 0 Å². The van der Waals surface area contributed by atoms with Crippen LogP contribution in [0.5, 0.6) is 0 Å². The molecule has 0 spiro atoms. The van der Waals surface area contributed by atoms with Gasteiger partial charge in [0.25, 0.3) is 0 Å². The molecule has 1 aromatic rings. The quantitative estimate of drug-likeness (QED) is 0.800. The summed E-state index contributed by atoms with van der Waals surface area (Å²) < 4.78 is 28.3. The lowest BCUT2D eigenvalue weighted by Gasteiger charge is -2.06. The molecule has 0 heterocycles. The van der Waals surface area contributed by atoms with Crippen molar-refractivity contribution in [2.45, 2.75) is 11.8 Å². The Bertz CT molecular complexity index is 525. The topological polar surface area (TPSA) is 60.4 Å². The molecule has 0 saturated heterocycles. The van der Waals surface area contributed by atoms with Gasteiger partial charge >= 0.3 is 5.97 Å². The highest BCUT2D eigenvalue weighted by Gasteiger charge is 2.23. The summed E-state index contributed by atoms with van der Waals surface area (Å²) in [5.74, 6) is -1.57. The van der Waals surface area contributed by atoms with Crippen LogP contribution in [0.1, 0.15) is 6.92 Å². The van der Waals surface area contributed by atoms with Crippen LogP contribution in [0, 0.1) is 0 Å². The lowest BCUT2D eigenvalue weighted by molar-refractivity contribution is -0.139. The van der Waals surface area contributed by atoms with Crippen molar-refractivity contribution in [1.82, 2.24) is 0 Å². The highest BCUT2D eigenvalue weighted by Crippen LogP contribution is 2.25. The van der Waals surface area contributed by atoms with E-state index in [1.165, 1.54) is 18.2 Å². The molecule has 0 N–H and O–H groups in total. The van der Waals surface area contributed by atoms with E-state index >= 15 is 0 Å². The smallest absolute Gasteiger partial charge is 0.321 e. The first kappa shape index (κ1) is 14.3. The van der Waals surface area contributed by atoms with Gasteiger partial charge in [0.15, 0.2) is 15.6 Å². The molecule has 17 heavy (non-hydrogen) atoms. The van der Waals surface area contributed by atoms with E-state index in [1.807, 2.05) is 0 Å². The Morgan fingerprint density at radius 2 is 2.00 bits per heavy atom. The number of ether oxygens (including phenoxy) is 1. The molecule has 0 aliphatic carbocycles. The molecule has 1 rings (SSSR count). The fourth-order valence-corrected chi connectivity index (χ4v) is 3.08. The molecule has 0 fully saturated rings. The maximum atomic E-state index is 11.8. The van der Waals surface area contributed by atoms with Crippen molar-refractivity contribution in [2.24, 2.45) is 0 Å². The van der Waals surface area contributed by atoms with Gasteiger partial charge in [0.1, 0.15) is 0 Å². The minimum atomic E-state index is -3.83. The first-order valence-corrected chi connectivity index (χ1v) is 7.11. The number of benzene rings is 1. The monoisotopic (exact) mass is 296 g/mol. The van der Waals surface area contributed by atoms with Gasteiger partial charge in [0.05, 0.1) is 16.5 Å². The summed E-state index contributed by atoms with van der Waals surface area (Å²) in [5.41, 5.74) is 0. The third kappa shape index (κ3) is 3.87. The van der Waals surface area contributed by atoms with Crippen molar-refractivity contribution in [3.05, 3.63) is 28.2 Å². The minimum Gasteiger partial charge on any atom is -0.465 e. The molecule has 0 amide bonds. The number of carbonyl (C=O) groups is 1. The van der Waals surface area contributed by atoms with Crippen LogP contribution in [0.4, 0.5) is 0 Å². The van der Waals surface area contributed by atoms with Gasteiger partial charge in [-0.1, -0.05) is 23.2 Å². The average molecular weight is 297 g/mol. The van der Waals surface area contributed by atoms with E-state index in [9.17, 15) is 13.2 Å². The molecule has 1 aromatic carbocycles. The Morgan fingerprint density at radius 3 is 2.59 bits per heavy atom. The number of halogens is 2. The van der Waals surface area contributed by atoms with Gasteiger partial charge in [0.2, 0.25) is 0 Å². The van der Waals surface area contributed by atoms with Crippen molar-refractivity contribution in [2.75, 3.05) is 12.4 Å². The van der Waals surface area contributed by atoms with E-state index < -0.39 is 21.6 Å². The van der Waals surface area contributed by atoms with Crippen LogP contribution in [0.15, 0.2) is 23.1 Å². The minimum absolute atomic E-state index is 0.0266. The molecular formula is C10H10Cl2O4S. The largest absolute Gasteiger partial charge is 0.465 e. The predicted molar refractivity (Wildman–Crippen MR) is 65.1 cm³/mol. The van der Waals surface area contributed by atoms with E-state index in [1.54, 1.807) is 6.92 Å². The Labute approximate surface area is 109 Å². The number of hydrogen-bond donors (Lipinski definition) is 0. The number of sulfone groups is 1. The fourth-order valence-electron chi connectivity index (χ4n) is 1.15. The van der Waals surface area contributed by atoms with Crippen LogP contribution in [0.2, 0.25) is 10.0 Å². The van der Waals surface area contributed by atoms with Crippen molar-refractivity contribution in [3.63, 3.8) is 0 Å². The normalized spacial score (nSPS) is 11.2. The third-order valence-electron chi connectivity index (χ3n) is 1.84. The molecule has 0 aromatic heterocycles. The molecule has 0 bridgehead atoms. The SMILES string of the molecule is CCOC(=O)CS(=O)(=O)c1cc(Cl)ccc1Cl. The second kappa shape index (κ2) is 5.71. The second-order valence-electron chi connectivity index (χ2n) is 3.14. The summed E-state index contributed by atoms with van der Waals surface area (Å²) in [6.07, 6.45) is 0. The van der Waals surface area contributed by atoms with Gasteiger partial charge in [0, 0.05) is 5.02 Å². The van der Waals surface area contributed by atoms with Gasteiger partial charge < -0.3 is 4.74 Å². The zero-order valence-electron chi connectivity index (χ0n) is 8.94. The van der Waals surface area contributed by atoms with Gasteiger partial charge in [-0.15, -0.1) is 0 Å². The highest BCUT2D eigenvalue weighted by atomic mass is 35.5. The van der Waals surface area contributed by atoms with Crippen LogP contribution in [0.25, 0.3) is 0 Å². The number of hydrogen-bond acceptors (Lipinski definition) is 4. The number of rotatable bonds is 4. The highest BCUT2D eigenvalue weighted by molar-refractivity contribution is 7.92. The first-order valence-electron chi connectivity index (χ1n) is 4.70. The van der Waals surface area contributed by atoms with Gasteiger partial charge in [-0.25, -0.2) is 8.42 Å². The lowest BCUT2D eigenvalue weighted by atomic mass is 10.4. The zero-order valence-corrected chi connectivity index (χ0v) is 11.3. The summed E-state index contributed by atoms with van der Waals surface area (Å²) >= 11 is 11.4. The van der Waals surface area contributed by atoms with Crippen LogP contribution < -0.4 is 0 Å². The summed E-state index contributed by atoms with van der Waals surface area (Å²) in [6.45, 7) is 1.72. The van der Waals surface area contributed by atoms with Gasteiger partial charge in [-0.3, -0.25) is 4.79 Å². The maximum absolute atomic E-state index is 11.8. The maximum Gasteiger partial charge on any atom is 0.321 e. The van der Waals surface area contributed by atoms with Crippen LogP contribution >= 0.6 is 23.2 Å². The Hall–Kier alpha value is -0.780. The summed E-state index contributed by atoms with van der Waals surface area (Å²) in [7, 11) is -3.83. The van der Waals surface area contributed by atoms with Gasteiger partial charge in [-0.2, -0.15) is 0 Å². The van der Waals surface area contributed by atoms with E-state index in [4.69, 9.17) is 23.2 Å². The van der Waals surface area contributed by atoms with E-state index in [-0.39, 0.29) is 21.5 Å². The average Bonchev–Trinajstić information content (AvgIpc) is 2.21. The first-order chi connectivity index (χ1) is 7.86. The Balaban J connectivity index is 3.05. The van der Waals surface area contributed by atoms with Crippen molar-refractivity contribution in [3.8, 4) is 0 Å². The van der Waals surface area contributed by atoms with E-state index in [2.05, 4.69) is 4.74 Å². The molecule has 0 atom stereocenters. The Morgan fingerprint density at radius 1 is 1.35 bits per heavy atom. The molecule has 4 nitrogen and oxygen atoms in total. The molecule has 0 unspecified atom stereocenters. The molecule has 0 radical (unpaired) electrons. The number of carbonyl (C=O) groups excluding carboxylic acids is 1. The zero-order chi connectivity index (χ0) is 13.1. The molecule has 0 aliphatic rings. The van der Waals surface area contributed by atoms with E-state index in [0.29, 0.717) is 0 Å². The molecule has 0 saturated carbocycles. The van der Waals surface area contributed by atoms with E-state index in [0.717, 1.165) is 0 Å². The summed E-state index contributed by atoms with van der Waals surface area (Å²) in [4.78, 5) is 11.0. The third-order valence-corrected chi connectivity index (χ3v) is 4.14. The standard InChI is InChI=1S/C10H10Cl2O4S/c1-2-16-10(13)6-17(14,15)9-5-7(11)3-4-8(9)12/h3-5H,2,6H2,1H3. The Kier molecular flexibility index (Phi) is 4.80. The van der Waals surface area contributed by atoms with Crippen LogP contribution in [0.3, 0.4) is 0 Å². The predicted octanol–water partition coefficient (Wildman–Crippen LogP) is 2.33. The van der Waals surface area contributed by atoms with Crippen molar-refractivity contribution < 1.29 is 17.9 Å². The van der Waals surface area contributed by atoms with Gasteiger partial charge in [-0.05, 0) is 25.1 Å². The lowest BCUT2D eigenvalue weighted by Crippen LogP contribution is -2.19. The second-order valence-corrected chi connectivity index (χ2v) is 5.94. The molecular weight excluding hydrogens is 287 g/mol. The van der Waals surface area contributed by atoms with Crippen LogP contribution in [-0.4, -0.2) is 26.7 Å².